The first-order chi connectivity index (χ1) is 9.97. The monoisotopic (exact) mass is 361 g/mol. The number of carbonyl (C=O) groups is 2. The highest BCUT2D eigenvalue weighted by molar-refractivity contribution is 9.10. The van der Waals surface area contributed by atoms with Crippen LogP contribution in [0.15, 0.2) is 22.7 Å². The molecule has 0 aromatic heterocycles. The molecule has 1 aliphatic rings. The number of amides is 1. The molecule has 1 saturated heterocycles. The van der Waals surface area contributed by atoms with Crippen molar-refractivity contribution in [2.45, 2.75) is 6.10 Å². The highest BCUT2D eigenvalue weighted by atomic mass is 79.9. The molecule has 2 rings (SSSR count). The molecule has 1 aromatic carbocycles. The summed E-state index contributed by atoms with van der Waals surface area (Å²) in [6.07, 6.45) is -1.01. The summed E-state index contributed by atoms with van der Waals surface area (Å²) < 4.78 is 23.7. The fraction of sp³-hybridized carbons (Fsp3) is 0.385. The molecule has 1 atom stereocenters. The summed E-state index contributed by atoms with van der Waals surface area (Å²) in [5.41, 5.74) is 0. The van der Waals surface area contributed by atoms with Crippen LogP contribution in [0, 0.1) is 5.82 Å². The fourth-order valence-electron chi connectivity index (χ4n) is 1.85. The molecule has 0 bridgehead atoms. The number of halogens is 2. The van der Waals surface area contributed by atoms with Crippen LogP contribution in [-0.4, -0.2) is 54.3 Å². The third kappa shape index (κ3) is 4.15. The molecular weight excluding hydrogens is 349 g/mol. The number of hydrogen-bond acceptors (Lipinski definition) is 4. The van der Waals surface area contributed by atoms with Gasteiger partial charge in [0.15, 0.2) is 12.7 Å². The van der Waals surface area contributed by atoms with Gasteiger partial charge in [-0.05, 0) is 34.1 Å². The van der Waals surface area contributed by atoms with E-state index in [2.05, 4.69) is 15.9 Å². The summed E-state index contributed by atoms with van der Waals surface area (Å²) in [5, 5.41) is 8.87. The number of morpholine rings is 1. The number of rotatable bonds is 4. The van der Waals surface area contributed by atoms with Gasteiger partial charge in [-0.25, -0.2) is 9.18 Å². The summed E-state index contributed by atoms with van der Waals surface area (Å²) in [4.78, 5) is 24.2. The molecule has 21 heavy (non-hydrogen) atoms. The summed E-state index contributed by atoms with van der Waals surface area (Å²) in [6, 6.07) is 3.86. The molecule has 1 heterocycles. The van der Waals surface area contributed by atoms with Gasteiger partial charge in [0.05, 0.1) is 17.6 Å². The smallest absolute Gasteiger partial charge is 0.334 e. The van der Waals surface area contributed by atoms with Crippen molar-refractivity contribution in [2.24, 2.45) is 0 Å². The van der Waals surface area contributed by atoms with Crippen LogP contribution in [0.3, 0.4) is 0 Å². The van der Waals surface area contributed by atoms with Gasteiger partial charge in [-0.1, -0.05) is 0 Å². The number of hydrogen-bond donors (Lipinski definition) is 1. The minimum absolute atomic E-state index is 0.0118. The number of nitrogens with zero attached hydrogens (tertiary/aromatic N) is 1. The van der Waals surface area contributed by atoms with Crippen LogP contribution in [-0.2, 0) is 14.3 Å². The minimum Gasteiger partial charge on any atom is -0.483 e. The molecule has 1 N–H and O–H groups in total. The summed E-state index contributed by atoms with van der Waals surface area (Å²) in [6.45, 7) is 0.220. The fourth-order valence-corrected chi connectivity index (χ4v) is 2.31. The molecule has 6 nitrogen and oxygen atoms in total. The van der Waals surface area contributed by atoms with Crippen LogP contribution in [0.2, 0.25) is 0 Å². The second-order valence-corrected chi connectivity index (χ2v) is 5.26. The van der Waals surface area contributed by atoms with Gasteiger partial charge in [0, 0.05) is 6.54 Å². The maximum atomic E-state index is 12.9. The molecule has 0 radical (unpaired) electrons. The Morgan fingerprint density at radius 2 is 2.29 bits per heavy atom. The Hall–Kier alpha value is -1.67. The lowest BCUT2D eigenvalue weighted by Crippen LogP contribution is -2.49. The van der Waals surface area contributed by atoms with Gasteiger partial charge in [0.1, 0.15) is 11.6 Å². The lowest BCUT2D eigenvalue weighted by atomic mass is 10.2. The number of ether oxygens (including phenoxy) is 2. The summed E-state index contributed by atoms with van der Waals surface area (Å²) in [5.74, 6) is -1.53. The zero-order valence-corrected chi connectivity index (χ0v) is 12.5. The topological polar surface area (TPSA) is 76.1 Å². The van der Waals surface area contributed by atoms with Crippen LogP contribution < -0.4 is 4.74 Å². The molecule has 0 spiro atoms. The average Bonchev–Trinajstić information content (AvgIpc) is 2.46. The Balaban J connectivity index is 1.90. The average molecular weight is 362 g/mol. The quantitative estimate of drug-likeness (QED) is 0.874. The lowest BCUT2D eigenvalue weighted by Gasteiger charge is -2.30. The van der Waals surface area contributed by atoms with E-state index in [9.17, 15) is 14.0 Å². The maximum Gasteiger partial charge on any atom is 0.334 e. The van der Waals surface area contributed by atoms with E-state index >= 15 is 0 Å². The van der Waals surface area contributed by atoms with Gasteiger partial charge in [-0.3, -0.25) is 4.79 Å². The van der Waals surface area contributed by atoms with Gasteiger partial charge in [-0.15, -0.1) is 0 Å². The second-order valence-electron chi connectivity index (χ2n) is 4.40. The van der Waals surface area contributed by atoms with Crippen LogP contribution in [0.1, 0.15) is 0 Å². The molecule has 1 fully saturated rings. The predicted octanol–water partition coefficient (Wildman–Crippen LogP) is 1.28. The number of carboxylic acid groups (broad SMARTS) is 1. The Morgan fingerprint density at radius 3 is 2.95 bits per heavy atom. The number of benzene rings is 1. The van der Waals surface area contributed by atoms with Gasteiger partial charge in [-0.2, -0.15) is 0 Å². The molecular formula is C13H13BrFNO5. The summed E-state index contributed by atoms with van der Waals surface area (Å²) in [7, 11) is 0. The molecule has 1 aromatic rings. The Kier molecular flexibility index (Phi) is 5.13. The van der Waals surface area contributed by atoms with E-state index in [1.165, 1.54) is 23.1 Å². The van der Waals surface area contributed by atoms with Crippen LogP contribution in [0.25, 0.3) is 0 Å². The van der Waals surface area contributed by atoms with E-state index in [1.54, 1.807) is 0 Å². The largest absolute Gasteiger partial charge is 0.483 e. The van der Waals surface area contributed by atoms with Crippen LogP contribution in [0.5, 0.6) is 5.75 Å². The first-order valence-electron chi connectivity index (χ1n) is 6.17. The third-order valence-electron chi connectivity index (χ3n) is 2.94. The molecule has 0 saturated carbocycles. The first-order valence-corrected chi connectivity index (χ1v) is 6.96. The zero-order valence-electron chi connectivity index (χ0n) is 10.9. The van der Waals surface area contributed by atoms with Crippen molar-refractivity contribution in [3.63, 3.8) is 0 Å². The maximum absolute atomic E-state index is 12.9. The van der Waals surface area contributed by atoms with Gasteiger partial charge < -0.3 is 19.5 Å². The second kappa shape index (κ2) is 6.86. The van der Waals surface area contributed by atoms with E-state index in [1.807, 2.05) is 0 Å². The molecule has 1 amide bonds. The summed E-state index contributed by atoms with van der Waals surface area (Å²) >= 11 is 3.13. The highest BCUT2D eigenvalue weighted by Gasteiger charge is 2.29. The zero-order chi connectivity index (χ0) is 15.4. The van der Waals surface area contributed by atoms with E-state index in [-0.39, 0.29) is 25.7 Å². The van der Waals surface area contributed by atoms with E-state index in [0.29, 0.717) is 16.8 Å². The standard InChI is InChI=1S/C13H13BrFNO5/c14-9-5-8(15)1-2-10(9)21-7-12(17)16-3-4-20-11(6-16)13(18)19/h1-2,5,11H,3-4,6-7H2,(H,18,19). The van der Waals surface area contributed by atoms with Crippen molar-refractivity contribution in [3.8, 4) is 5.75 Å². The van der Waals surface area contributed by atoms with Crippen LogP contribution in [0.4, 0.5) is 4.39 Å². The van der Waals surface area contributed by atoms with Crippen molar-refractivity contribution in [1.82, 2.24) is 4.90 Å². The normalized spacial score (nSPS) is 18.4. The molecule has 1 unspecified atom stereocenters. The van der Waals surface area contributed by atoms with Crippen molar-refractivity contribution in [1.29, 1.82) is 0 Å². The SMILES string of the molecule is O=C(O)C1CN(C(=O)COc2ccc(F)cc2Br)CCO1. The van der Waals surface area contributed by atoms with Crippen molar-refractivity contribution >= 4 is 27.8 Å². The predicted molar refractivity (Wildman–Crippen MR) is 73.6 cm³/mol. The highest BCUT2D eigenvalue weighted by Crippen LogP contribution is 2.25. The molecule has 1 aliphatic heterocycles. The van der Waals surface area contributed by atoms with Gasteiger partial charge in [0.25, 0.3) is 5.91 Å². The van der Waals surface area contributed by atoms with Gasteiger partial charge in [0.2, 0.25) is 0 Å². The van der Waals surface area contributed by atoms with Crippen molar-refractivity contribution in [3.05, 3.63) is 28.5 Å². The van der Waals surface area contributed by atoms with Crippen molar-refractivity contribution < 1.29 is 28.6 Å². The number of carboxylic acids is 1. The molecule has 0 aliphatic carbocycles. The van der Waals surface area contributed by atoms with Crippen molar-refractivity contribution in [2.75, 3.05) is 26.3 Å². The Labute approximate surface area is 128 Å². The van der Waals surface area contributed by atoms with E-state index in [0.717, 1.165) is 0 Å². The first kappa shape index (κ1) is 15.7. The number of aliphatic carboxylic acids is 1. The van der Waals surface area contributed by atoms with Gasteiger partial charge >= 0.3 is 5.97 Å². The van der Waals surface area contributed by atoms with E-state index < -0.39 is 17.9 Å². The van der Waals surface area contributed by atoms with Crippen LogP contribution >= 0.6 is 15.9 Å². The Morgan fingerprint density at radius 1 is 1.52 bits per heavy atom. The minimum atomic E-state index is -1.10. The Bertz CT molecular complexity index is 553. The molecule has 8 heteroatoms. The lowest BCUT2D eigenvalue weighted by molar-refractivity contribution is -0.159. The molecule has 114 valence electrons. The third-order valence-corrected chi connectivity index (χ3v) is 3.56. The number of carbonyl (C=O) groups excluding carboxylic acids is 1. The van der Waals surface area contributed by atoms with E-state index in [4.69, 9.17) is 14.6 Å².